The van der Waals surface area contributed by atoms with Crippen LogP contribution in [0.1, 0.15) is 38.9 Å². The standard InChI is InChI=1S/C17H24N4O3/c1-4-9-21(10-11-22)17(23)18-14-7-5-13(6-8-14)16-19-15(12(2)3)20-24-16/h5-8,12,22H,4,9-11H2,1-3H3,(H,18,23). The van der Waals surface area contributed by atoms with Gasteiger partial charge in [0.25, 0.3) is 5.89 Å². The molecule has 0 bridgehead atoms. The first-order valence-electron chi connectivity index (χ1n) is 8.16. The molecule has 1 aromatic heterocycles. The Morgan fingerprint density at radius 1 is 1.29 bits per heavy atom. The van der Waals surface area contributed by atoms with Gasteiger partial charge in [-0.1, -0.05) is 25.9 Å². The van der Waals surface area contributed by atoms with E-state index in [4.69, 9.17) is 9.63 Å². The summed E-state index contributed by atoms with van der Waals surface area (Å²) in [6.45, 7) is 6.86. The molecule has 0 aliphatic rings. The maximum Gasteiger partial charge on any atom is 0.321 e. The predicted molar refractivity (Wildman–Crippen MR) is 91.8 cm³/mol. The second kappa shape index (κ2) is 8.44. The molecule has 0 fully saturated rings. The highest BCUT2D eigenvalue weighted by atomic mass is 16.5. The minimum absolute atomic E-state index is 0.0539. The van der Waals surface area contributed by atoms with Crippen molar-refractivity contribution in [1.29, 1.82) is 0 Å². The number of hydrogen-bond acceptors (Lipinski definition) is 5. The van der Waals surface area contributed by atoms with Crippen LogP contribution in [0, 0.1) is 0 Å². The van der Waals surface area contributed by atoms with Crippen molar-refractivity contribution in [2.75, 3.05) is 25.0 Å². The molecule has 0 aliphatic carbocycles. The predicted octanol–water partition coefficient (Wildman–Crippen LogP) is 3.10. The Morgan fingerprint density at radius 2 is 2.00 bits per heavy atom. The average Bonchev–Trinajstić information content (AvgIpc) is 3.05. The van der Waals surface area contributed by atoms with E-state index in [9.17, 15) is 4.79 Å². The first-order chi connectivity index (χ1) is 11.5. The first kappa shape index (κ1) is 17.9. The number of hydrogen-bond donors (Lipinski definition) is 2. The van der Waals surface area contributed by atoms with Crippen LogP contribution in [-0.4, -0.2) is 45.9 Å². The smallest absolute Gasteiger partial charge is 0.321 e. The van der Waals surface area contributed by atoms with E-state index in [0.717, 1.165) is 12.0 Å². The number of urea groups is 1. The lowest BCUT2D eigenvalue weighted by molar-refractivity contribution is 0.188. The van der Waals surface area contributed by atoms with Crippen molar-refractivity contribution in [2.24, 2.45) is 0 Å². The number of nitrogens with zero attached hydrogens (tertiary/aromatic N) is 3. The highest BCUT2D eigenvalue weighted by Crippen LogP contribution is 2.22. The lowest BCUT2D eigenvalue weighted by Crippen LogP contribution is -2.37. The Hall–Kier alpha value is -2.41. The van der Waals surface area contributed by atoms with Crippen LogP contribution in [0.2, 0.25) is 0 Å². The number of nitrogens with one attached hydrogen (secondary N) is 1. The summed E-state index contributed by atoms with van der Waals surface area (Å²) in [5, 5.41) is 15.8. The molecular formula is C17H24N4O3. The molecule has 1 heterocycles. The summed E-state index contributed by atoms with van der Waals surface area (Å²) in [7, 11) is 0. The summed E-state index contributed by atoms with van der Waals surface area (Å²) >= 11 is 0. The third kappa shape index (κ3) is 4.55. The molecule has 2 amide bonds. The van der Waals surface area contributed by atoms with Crippen LogP contribution < -0.4 is 5.32 Å². The molecule has 0 saturated heterocycles. The molecule has 0 unspecified atom stereocenters. The van der Waals surface area contributed by atoms with Crippen molar-refractivity contribution < 1.29 is 14.4 Å². The zero-order valence-corrected chi connectivity index (χ0v) is 14.3. The monoisotopic (exact) mass is 332 g/mol. The van der Waals surface area contributed by atoms with Crippen LogP contribution in [0.15, 0.2) is 28.8 Å². The number of rotatable bonds is 7. The van der Waals surface area contributed by atoms with Gasteiger partial charge in [-0.05, 0) is 30.7 Å². The summed E-state index contributed by atoms with van der Waals surface area (Å²) in [6, 6.07) is 7.00. The van der Waals surface area contributed by atoms with Crippen molar-refractivity contribution in [2.45, 2.75) is 33.1 Å². The molecule has 0 radical (unpaired) electrons. The SMILES string of the molecule is CCCN(CCO)C(=O)Nc1ccc(-c2nc(C(C)C)no2)cc1. The number of carbonyl (C=O) groups is 1. The Morgan fingerprint density at radius 3 is 2.54 bits per heavy atom. The van der Waals surface area contributed by atoms with Crippen LogP contribution in [0.5, 0.6) is 0 Å². The number of aliphatic hydroxyl groups is 1. The third-order valence-corrected chi connectivity index (χ3v) is 3.49. The second-order valence-electron chi connectivity index (χ2n) is 5.83. The van der Waals surface area contributed by atoms with Gasteiger partial charge in [-0.15, -0.1) is 0 Å². The summed E-state index contributed by atoms with van der Waals surface area (Å²) in [5.41, 5.74) is 1.47. The molecule has 0 spiro atoms. The van der Waals surface area contributed by atoms with Crippen molar-refractivity contribution in [3.8, 4) is 11.5 Å². The first-order valence-corrected chi connectivity index (χ1v) is 8.16. The lowest BCUT2D eigenvalue weighted by Gasteiger charge is -2.21. The number of aliphatic hydroxyl groups excluding tert-OH is 1. The van der Waals surface area contributed by atoms with Crippen LogP contribution in [0.4, 0.5) is 10.5 Å². The largest absolute Gasteiger partial charge is 0.395 e. The quantitative estimate of drug-likeness (QED) is 0.813. The van der Waals surface area contributed by atoms with E-state index in [-0.39, 0.29) is 18.6 Å². The summed E-state index contributed by atoms with van der Waals surface area (Å²) < 4.78 is 5.25. The van der Waals surface area contributed by atoms with Gasteiger partial charge < -0.3 is 19.8 Å². The molecule has 1 aromatic carbocycles. The topological polar surface area (TPSA) is 91.5 Å². The fraction of sp³-hybridized carbons (Fsp3) is 0.471. The van der Waals surface area contributed by atoms with E-state index < -0.39 is 0 Å². The Labute approximate surface area is 141 Å². The maximum absolute atomic E-state index is 12.2. The van der Waals surface area contributed by atoms with Gasteiger partial charge in [0.2, 0.25) is 0 Å². The van der Waals surface area contributed by atoms with Gasteiger partial charge in [-0.3, -0.25) is 0 Å². The van der Waals surface area contributed by atoms with Gasteiger partial charge in [0.05, 0.1) is 6.61 Å². The van der Waals surface area contributed by atoms with Gasteiger partial charge in [0.15, 0.2) is 5.82 Å². The molecule has 2 rings (SSSR count). The van der Waals surface area contributed by atoms with E-state index in [1.165, 1.54) is 0 Å². The van der Waals surface area contributed by atoms with E-state index in [2.05, 4.69) is 15.5 Å². The second-order valence-corrected chi connectivity index (χ2v) is 5.83. The highest BCUT2D eigenvalue weighted by Gasteiger charge is 2.14. The molecule has 0 aliphatic heterocycles. The molecule has 0 atom stereocenters. The van der Waals surface area contributed by atoms with Crippen molar-refractivity contribution in [3.63, 3.8) is 0 Å². The average molecular weight is 332 g/mol. The number of anilines is 1. The molecule has 7 heteroatoms. The van der Waals surface area contributed by atoms with Crippen LogP contribution >= 0.6 is 0 Å². The van der Waals surface area contributed by atoms with Crippen LogP contribution in [-0.2, 0) is 0 Å². The summed E-state index contributed by atoms with van der Waals surface area (Å²) in [4.78, 5) is 18.1. The normalized spacial score (nSPS) is 10.9. The Balaban J connectivity index is 2.04. The van der Waals surface area contributed by atoms with Crippen molar-refractivity contribution >= 4 is 11.7 Å². The molecule has 130 valence electrons. The van der Waals surface area contributed by atoms with Gasteiger partial charge in [-0.25, -0.2) is 4.79 Å². The number of benzene rings is 1. The van der Waals surface area contributed by atoms with Gasteiger partial charge in [0, 0.05) is 30.3 Å². The highest BCUT2D eigenvalue weighted by molar-refractivity contribution is 5.89. The molecule has 7 nitrogen and oxygen atoms in total. The van der Waals surface area contributed by atoms with Crippen LogP contribution in [0.25, 0.3) is 11.5 Å². The van der Waals surface area contributed by atoms with Gasteiger partial charge in [0.1, 0.15) is 0 Å². The Kier molecular flexibility index (Phi) is 6.31. The summed E-state index contributed by atoms with van der Waals surface area (Å²) in [5.74, 6) is 1.34. The van der Waals surface area contributed by atoms with E-state index >= 15 is 0 Å². The number of amides is 2. The van der Waals surface area contributed by atoms with Crippen molar-refractivity contribution in [3.05, 3.63) is 30.1 Å². The molecule has 2 aromatic rings. The molecular weight excluding hydrogens is 308 g/mol. The minimum Gasteiger partial charge on any atom is -0.395 e. The fourth-order valence-corrected chi connectivity index (χ4v) is 2.19. The van der Waals surface area contributed by atoms with E-state index in [1.54, 1.807) is 17.0 Å². The van der Waals surface area contributed by atoms with Gasteiger partial charge >= 0.3 is 6.03 Å². The van der Waals surface area contributed by atoms with Crippen molar-refractivity contribution in [1.82, 2.24) is 15.0 Å². The zero-order valence-electron chi connectivity index (χ0n) is 14.3. The molecule has 0 saturated carbocycles. The van der Waals surface area contributed by atoms with E-state index in [1.807, 2.05) is 32.9 Å². The van der Waals surface area contributed by atoms with Gasteiger partial charge in [-0.2, -0.15) is 4.98 Å². The lowest BCUT2D eigenvalue weighted by atomic mass is 10.2. The zero-order chi connectivity index (χ0) is 17.5. The van der Waals surface area contributed by atoms with E-state index in [0.29, 0.717) is 30.5 Å². The number of aromatic nitrogens is 2. The minimum atomic E-state index is -0.224. The molecule has 24 heavy (non-hydrogen) atoms. The Bertz CT molecular complexity index is 646. The molecule has 2 N–H and O–H groups in total. The number of carbonyl (C=O) groups excluding carboxylic acids is 1. The third-order valence-electron chi connectivity index (χ3n) is 3.49. The van der Waals surface area contributed by atoms with Crippen LogP contribution in [0.3, 0.4) is 0 Å². The fourth-order valence-electron chi connectivity index (χ4n) is 2.19. The summed E-state index contributed by atoms with van der Waals surface area (Å²) in [6.07, 6.45) is 0.835. The maximum atomic E-state index is 12.2.